The van der Waals surface area contributed by atoms with E-state index in [4.69, 9.17) is 0 Å². The van der Waals surface area contributed by atoms with Gasteiger partial charge in [0.25, 0.3) is 0 Å². The molecule has 18 heavy (non-hydrogen) atoms. The van der Waals surface area contributed by atoms with Gasteiger partial charge in [-0.25, -0.2) is 0 Å². The molecule has 0 aliphatic rings. The van der Waals surface area contributed by atoms with Crippen LogP contribution in [0.15, 0.2) is 24.3 Å². The summed E-state index contributed by atoms with van der Waals surface area (Å²) >= 11 is 0. The Hall–Kier alpha value is -0.563. The molecule has 1 rings (SSSR count). The molecular weight excluding hydrogens is 232 g/mol. The van der Waals surface area contributed by atoms with Crippen molar-refractivity contribution in [1.82, 2.24) is 0 Å². The second kappa shape index (κ2) is 6.05. The Morgan fingerprint density at radius 1 is 0.778 bits per heavy atom. The minimum absolute atomic E-state index is 0.796. The lowest BCUT2D eigenvalue weighted by atomic mass is 10.2. The predicted octanol–water partition coefficient (Wildman–Crippen LogP) is 5.13. The Kier molecular flexibility index (Phi) is 5.21. The first-order valence-electron chi connectivity index (χ1n) is 7.46. The highest BCUT2D eigenvalue weighted by molar-refractivity contribution is 6.95. The topological polar surface area (TPSA) is 0 Å². The van der Waals surface area contributed by atoms with Gasteiger partial charge in [-0.15, -0.1) is 0 Å². The van der Waals surface area contributed by atoms with Gasteiger partial charge in [0.05, 0.1) is 8.07 Å². The highest BCUT2D eigenvalue weighted by Gasteiger charge is 2.43. The van der Waals surface area contributed by atoms with Crippen molar-refractivity contribution in [2.45, 2.75) is 71.5 Å². The summed E-state index contributed by atoms with van der Waals surface area (Å²) in [5.74, 6) is 0. The van der Waals surface area contributed by atoms with Gasteiger partial charge in [0.15, 0.2) is 0 Å². The second-order valence-corrected chi connectivity index (χ2v) is 12.4. The molecule has 102 valence electrons. The largest absolute Gasteiger partial charge is 0.0942 e. The van der Waals surface area contributed by atoms with Crippen molar-refractivity contribution >= 4 is 13.3 Å². The number of hydrogen-bond donors (Lipinski definition) is 0. The van der Waals surface area contributed by atoms with Crippen molar-refractivity contribution in [3.8, 4) is 0 Å². The van der Waals surface area contributed by atoms with E-state index in [0.29, 0.717) is 0 Å². The Labute approximate surface area is 115 Å². The monoisotopic (exact) mass is 262 g/mol. The molecular formula is C17H30Si. The van der Waals surface area contributed by atoms with Crippen LogP contribution in [0.1, 0.15) is 54.0 Å². The molecule has 0 saturated carbocycles. The summed E-state index contributed by atoms with van der Waals surface area (Å²) in [5, 5.41) is 1.65. The van der Waals surface area contributed by atoms with E-state index >= 15 is 0 Å². The molecule has 1 aromatic rings. The third-order valence-electron chi connectivity index (χ3n) is 4.73. The fourth-order valence-corrected chi connectivity index (χ4v) is 10.8. The molecule has 0 heterocycles. The molecule has 0 nitrogen and oxygen atoms in total. The van der Waals surface area contributed by atoms with Crippen LogP contribution in [0.4, 0.5) is 0 Å². The van der Waals surface area contributed by atoms with Gasteiger partial charge in [0, 0.05) is 0 Å². The van der Waals surface area contributed by atoms with Gasteiger partial charge in [-0.1, -0.05) is 77.9 Å². The number of benzene rings is 1. The minimum Gasteiger partial charge on any atom is -0.0648 e. The minimum atomic E-state index is -1.44. The highest BCUT2D eigenvalue weighted by Crippen LogP contribution is 2.40. The molecule has 0 spiro atoms. The molecule has 0 fully saturated rings. The Bertz CT molecular complexity index is 338. The normalized spacial score (nSPS) is 12.8. The van der Waals surface area contributed by atoms with Crippen LogP contribution in [0, 0.1) is 0 Å². The van der Waals surface area contributed by atoms with E-state index in [2.05, 4.69) is 72.7 Å². The van der Waals surface area contributed by atoms with Gasteiger partial charge >= 0.3 is 0 Å². The maximum Gasteiger partial charge on any atom is 0.0942 e. The van der Waals surface area contributed by atoms with E-state index < -0.39 is 8.07 Å². The predicted molar refractivity (Wildman–Crippen MR) is 86.5 cm³/mol. The molecule has 1 aromatic carbocycles. The van der Waals surface area contributed by atoms with Gasteiger partial charge < -0.3 is 0 Å². The van der Waals surface area contributed by atoms with Crippen molar-refractivity contribution in [2.75, 3.05) is 0 Å². The quantitative estimate of drug-likeness (QED) is 0.645. The number of rotatable bonds is 5. The molecule has 0 aromatic heterocycles. The molecule has 1 heteroatoms. The van der Waals surface area contributed by atoms with Crippen molar-refractivity contribution in [1.29, 1.82) is 0 Å². The Morgan fingerprint density at radius 3 is 1.44 bits per heavy atom. The first kappa shape index (κ1) is 15.5. The maximum absolute atomic E-state index is 2.43. The molecule has 0 saturated heterocycles. The second-order valence-electron chi connectivity index (χ2n) is 6.45. The summed E-state index contributed by atoms with van der Waals surface area (Å²) in [6, 6.07) is 9.52. The summed E-state index contributed by atoms with van der Waals surface area (Å²) in [6.07, 6.45) is 1.14. The summed E-state index contributed by atoms with van der Waals surface area (Å²) < 4.78 is 0. The van der Waals surface area contributed by atoms with Gasteiger partial charge in [-0.05, 0) is 28.6 Å². The van der Waals surface area contributed by atoms with Crippen LogP contribution < -0.4 is 5.19 Å². The van der Waals surface area contributed by atoms with Crippen LogP contribution in [0.2, 0.25) is 16.6 Å². The van der Waals surface area contributed by atoms with E-state index in [0.717, 1.165) is 23.0 Å². The first-order valence-corrected chi connectivity index (χ1v) is 9.69. The lowest BCUT2D eigenvalue weighted by molar-refractivity contribution is 0.835. The average Bonchev–Trinajstić information content (AvgIpc) is 2.29. The van der Waals surface area contributed by atoms with Crippen LogP contribution in [-0.4, -0.2) is 8.07 Å². The first-order chi connectivity index (χ1) is 8.37. The fraction of sp³-hybridized carbons (Fsp3) is 0.647. The number of aryl methyl sites for hydroxylation is 1. The van der Waals surface area contributed by atoms with Gasteiger partial charge in [-0.2, -0.15) is 0 Å². The van der Waals surface area contributed by atoms with Crippen LogP contribution >= 0.6 is 0 Å². The summed E-state index contributed by atoms with van der Waals surface area (Å²) in [5.41, 5.74) is 3.85. The maximum atomic E-state index is 2.43. The Balaban J connectivity index is 3.32. The van der Waals surface area contributed by atoms with Crippen molar-refractivity contribution in [3.63, 3.8) is 0 Å². The smallest absolute Gasteiger partial charge is 0.0648 e. The van der Waals surface area contributed by atoms with Crippen LogP contribution in [0.5, 0.6) is 0 Å². The van der Waals surface area contributed by atoms with E-state index in [1.807, 2.05) is 0 Å². The van der Waals surface area contributed by atoms with Gasteiger partial charge in [0.1, 0.15) is 0 Å². The summed E-state index contributed by atoms with van der Waals surface area (Å²) in [7, 11) is -1.44. The van der Waals surface area contributed by atoms with E-state index in [9.17, 15) is 0 Å². The van der Waals surface area contributed by atoms with Crippen molar-refractivity contribution < 1.29 is 0 Å². The van der Waals surface area contributed by atoms with Crippen LogP contribution in [0.3, 0.4) is 0 Å². The molecule has 0 aliphatic carbocycles. The lowest BCUT2D eigenvalue weighted by Gasteiger charge is -2.43. The molecule has 0 unspecified atom stereocenters. The van der Waals surface area contributed by atoms with E-state index in [1.165, 1.54) is 5.56 Å². The lowest BCUT2D eigenvalue weighted by Crippen LogP contribution is -2.55. The summed E-state index contributed by atoms with van der Waals surface area (Å²) in [6.45, 7) is 16.8. The molecule has 0 amide bonds. The van der Waals surface area contributed by atoms with E-state index in [-0.39, 0.29) is 0 Å². The highest BCUT2D eigenvalue weighted by atomic mass is 28.3. The molecule has 0 atom stereocenters. The van der Waals surface area contributed by atoms with E-state index in [1.54, 1.807) is 5.19 Å². The molecule has 0 bridgehead atoms. The zero-order chi connectivity index (χ0) is 13.9. The third-order valence-corrected chi connectivity index (χ3v) is 11.8. The standard InChI is InChI=1S/C17H30Si/c1-8-16-9-11-17(12-10-16)18(13(2)3,14(4)5)15(6)7/h9-15H,8H2,1-7H3. The van der Waals surface area contributed by atoms with Crippen molar-refractivity contribution in [2.24, 2.45) is 0 Å². The van der Waals surface area contributed by atoms with Crippen LogP contribution in [0.25, 0.3) is 0 Å². The molecule has 0 N–H and O–H groups in total. The average molecular weight is 263 g/mol. The zero-order valence-corrected chi connectivity index (χ0v) is 14.2. The Morgan fingerprint density at radius 2 is 1.17 bits per heavy atom. The number of hydrogen-bond acceptors (Lipinski definition) is 0. The van der Waals surface area contributed by atoms with Crippen molar-refractivity contribution in [3.05, 3.63) is 29.8 Å². The zero-order valence-electron chi connectivity index (χ0n) is 13.2. The molecule has 0 radical (unpaired) electrons. The third kappa shape index (κ3) is 2.56. The van der Waals surface area contributed by atoms with Gasteiger partial charge in [0.2, 0.25) is 0 Å². The summed E-state index contributed by atoms with van der Waals surface area (Å²) in [4.78, 5) is 0. The van der Waals surface area contributed by atoms with Gasteiger partial charge in [-0.3, -0.25) is 0 Å². The fourth-order valence-electron chi connectivity index (χ4n) is 4.03. The van der Waals surface area contributed by atoms with Crippen LogP contribution in [-0.2, 0) is 6.42 Å². The molecule has 0 aliphatic heterocycles. The SMILES string of the molecule is CCc1ccc([Si](C(C)C)(C(C)C)C(C)C)cc1.